The number of nitriles is 1. The highest BCUT2D eigenvalue weighted by Crippen LogP contribution is 2.21. The molecule has 0 bridgehead atoms. The van der Waals surface area contributed by atoms with Crippen molar-refractivity contribution in [3.63, 3.8) is 0 Å². The zero-order chi connectivity index (χ0) is 18.1. The number of rotatable bonds is 8. The maximum Gasteiger partial charge on any atom is 0.220 e. The summed E-state index contributed by atoms with van der Waals surface area (Å²) in [6.07, 6.45) is 0.400. The zero-order valence-corrected chi connectivity index (χ0v) is 15.0. The second kappa shape index (κ2) is 9.92. The van der Waals surface area contributed by atoms with E-state index in [0.717, 1.165) is 4.90 Å². The highest BCUT2D eigenvalue weighted by Gasteiger charge is 2.07. The molecule has 0 aliphatic rings. The van der Waals surface area contributed by atoms with E-state index in [1.165, 1.54) is 12.1 Å². The van der Waals surface area contributed by atoms with Crippen LogP contribution in [0.1, 0.15) is 12.0 Å². The number of thioether (sulfide) groups is 1. The van der Waals surface area contributed by atoms with Crippen molar-refractivity contribution in [3.8, 4) is 6.07 Å². The lowest BCUT2D eigenvalue weighted by molar-refractivity contribution is -0.120. The van der Waals surface area contributed by atoms with Gasteiger partial charge < -0.3 is 10.6 Å². The minimum Gasteiger partial charge on any atom is -0.382 e. The molecule has 2 aromatic carbocycles. The molecule has 0 radical (unpaired) electrons. The van der Waals surface area contributed by atoms with Gasteiger partial charge in [0.25, 0.3) is 0 Å². The van der Waals surface area contributed by atoms with E-state index in [1.54, 1.807) is 17.8 Å². The van der Waals surface area contributed by atoms with Gasteiger partial charge in [-0.15, -0.1) is 11.8 Å². The number of carbonyl (C=O) groups excluding carboxylic acids is 1. The quantitative estimate of drug-likeness (QED) is 0.537. The summed E-state index contributed by atoms with van der Waals surface area (Å²) in [6.45, 7) is 0.806. The Morgan fingerprint density at radius 3 is 2.68 bits per heavy atom. The summed E-state index contributed by atoms with van der Waals surface area (Å²) in [7, 11) is 0. The normalized spacial score (nSPS) is 10.1. The Kier molecular flexibility index (Phi) is 7.58. The number of halogens is 2. The van der Waals surface area contributed by atoms with Crippen molar-refractivity contribution < 1.29 is 9.18 Å². The van der Waals surface area contributed by atoms with Gasteiger partial charge in [-0.2, -0.15) is 5.26 Å². The van der Waals surface area contributed by atoms with Crippen LogP contribution in [0.4, 0.5) is 10.1 Å². The average Bonchev–Trinajstić information content (AvgIpc) is 2.60. The standard InChI is InChI=1S/C18H17ClFN3OS/c19-13-4-6-14(7-5-13)25-11-8-18(24)23-10-9-22-17-3-1-2-16(20)15(17)12-21/h1-7,22H,8-11H2,(H,23,24). The van der Waals surface area contributed by atoms with E-state index >= 15 is 0 Å². The fraction of sp³-hybridized carbons (Fsp3) is 0.222. The number of amides is 1. The molecule has 7 heteroatoms. The first-order valence-electron chi connectivity index (χ1n) is 7.67. The summed E-state index contributed by atoms with van der Waals surface area (Å²) < 4.78 is 13.4. The molecular formula is C18H17ClFN3OS. The van der Waals surface area contributed by atoms with E-state index < -0.39 is 5.82 Å². The van der Waals surface area contributed by atoms with E-state index in [-0.39, 0.29) is 11.5 Å². The Morgan fingerprint density at radius 2 is 1.96 bits per heavy atom. The van der Waals surface area contributed by atoms with E-state index in [9.17, 15) is 9.18 Å². The minimum absolute atomic E-state index is 0.0202. The summed E-state index contributed by atoms with van der Waals surface area (Å²) >= 11 is 7.41. The molecule has 25 heavy (non-hydrogen) atoms. The van der Waals surface area contributed by atoms with Gasteiger partial charge in [-0.25, -0.2) is 4.39 Å². The number of hydrogen-bond acceptors (Lipinski definition) is 4. The maximum atomic E-state index is 13.4. The Labute approximate surface area is 155 Å². The summed E-state index contributed by atoms with van der Waals surface area (Å²) in [5, 5.41) is 15.4. The molecule has 2 N–H and O–H groups in total. The summed E-state index contributed by atoms with van der Waals surface area (Å²) in [5.41, 5.74) is 0.406. The monoisotopic (exact) mass is 377 g/mol. The minimum atomic E-state index is -0.559. The lowest BCUT2D eigenvalue weighted by Crippen LogP contribution is -2.29. The molecule has 0 fully saturated rings. The lowest BCUT2D eigenvalue weighted by atomic mass is 10.2. The van der Waals surface area contributed by atoms with Crippen molar-refractivity contribution >= 4 is 35.0 Å². The van der Waals surface area contributed by atoms with E-state index in [0.29, 0.717) is 36.0 Å². The van der Waals surface area contributed by atoms with Crippen molar-refractivity contribution in [3.05, 3.63) is 58.9 Å². The number of nitrogens with one attached hydrogen (secondary N) is 2. The van der Waals surface area contributed by atoms with E-state index in [2.05, 4.69) is 10.6 Å². The first-order chi connectivity index (χ1) is 12.1. The zero-order valence-electron chi connectivity index (χ0n) is 13.4. The molecule has 4 nitrogen and oxygen atoms in total. The molecule has 0 unspecified atom stereocenters. The fourth-order valence-electron chi connectivity index (χ4n) is 2.06. The number of benzene rings is 2. The van der Waals surface area contributed by atoms with Crippen LogP contribution in [0.3, 0.4) is 0 Å². The van der Waals surface area contributed by atoms with Gasteiger partial charge >= 0.3 is 0 Å². The summed E-state index contributed by atoms with van der Waals surface area (Å²) in [4.78, 5) is 12.9. The van der Waals surface area contributed by atoms with Crippen LogP contribution in [0, 0.1) is 17.1 Å². The maximum absolute atomic E-state index is 13.4. The van der Waals surface area contributed by atoms with Crippen LogP contribution in [0.15, 0.2) is 47.4 Å². The molecule has 0 heterocycles. The second-order valence-electron chi connectivity index (χ2n) is 5.10. The van der Waals surface area contributed by atoms with Crippen LogP contribution >= 0.6 is 23.4 Å². The molecule has 0 saturated carbocycles. The third-order valence-electron chi connectivity index (χ3n) is 3.30. The summed E-state index contributed by atoms with van der Waals surface area (Å²) in [6, 6.07) is 13.7. The molecule has 0 aliphatic carbocycles. The molecule has 0 aliphatic heterocycles. The molecule has 1 amide bonds. The lowest BCUT2D eigenvalue weighted by Gasteiger charge is -2.09. The number of anilines is 1. The SMILES string of the molecule is N#Cc1c(F)cccc1NCCNC(=O)CCSc1ccc(Cl)cc1. The van der Waals surface area contributed by atoms with Gasteiger partial charge in [0.2, 0.25) is 5.91 Å². The van der Waals surface area contributed by atoms with Crippen LogP contribution < -0.4 is 10.6 Å². The molecule has 0 saturated heterocycles. The van der Waals surface area contributed by atoms with Crippen LogP contribution in [-0.2, 0) is 4.79 Å². The first-order valence-corrected chi connectivity index (χ1v) is 9.04. The van der Waals surface area contributed by atoms with Crippen LogP contribution in [0.25, 0.3) is 0 Å². The molecule has 130 valence electrons. The largest absolute Gasteiger partial charge is 0.382 e. The van der Waals surface area contributed by atoms with Crippen molar-refractivity contribution in [1.29, 1.82) is 5.26 Å². The number of carbonyl (C=O) groups is 1. The Hall–Kier alpha value is -2.23. The highest BCUT2D eigenvalue weighted by molar-refractivity contribution is 7.99. The Bertz CT molecular complexity index is 762. The Morgan fingerprint density at radius 1 is 1.20 bits per heavy atom. The van der Waals surface area contributed by atoms with Crippen molar-refractivity contribution in [2.75, 3.05) is 24.2 Å². The van der Waals surface area contributed by atoms with Crippen LogP contribution in [-0.4, -0.2) is 24.7 Å². The topological polar surface area (TPSA) is 64.9 Å². The first kappa shape index (κ1) is 19.1. The van der Waals surface area contributed by atoms with E-state index in [1.807, 2.05) is 30.3 Å². The molecule has 2 rings (SSSR count). The smallest absolute Gasteiger partial charge is 0.220 e. The number of hydrogen-bond donors (Lipinski definition) is 2. The Balaban J connectivity index is 1.65. The third-order valence-corrected chi connectivity index (χ3v) is 4.57. The van der Waals surface area contributed by atoms with Gasteiger partial charge in [-0.3, -0.25) is 4.79 Å². The predicted molar refractivity (Wildman–Crippen MR) is 99.4 cm³/mol. The van der Waals surface area contributed by atoms with Crippen LogP contribution in [0.2, 0.25) is 5.02 Å². The molecule has 2 aromatic rings. The van der Waals surface area contributed by atoms with Gasteiger partial charge in [-0.05, 0) is 36.4 Å². The molecule has 0 aromatic heterocycles. The van der Waals surface area contributed by atoms with Crippen molar-refractivity contribution in [1.82, 2.24) is 5.32 Å². The van der Waals surface area contributed by atoms with Crippen LogP contribution in [0.5, 0.6) is 0 Å². The van der Waals surface area contributed by atoms with Gasteiger partial charge in [0, 0.05) is 35.2 Å². The number of nitrogens with zero attached hydrogens (tertiary/aromatic N) is 1. The van der Waals surface area contributed by atoms with Gasteiger partial charge in [0.1, 0.15) is 17.4 Å². The average molecular weight is 378 g/mol. The third kappa shape index (κ3) is 6.29. The van der Waals surface area contributed by atoms with Gasteiger partial charge in [0.05, 0.1) is 5.69 Å². The van der Waals surface area contributed by atoms with Gasteiger partial charge in [0.15, 0.2) is 0 Å². The fourth-order valence-corrected chi connectivity index (χ4v) is 3.04. The highest BCUT2D eigenvalue weighted by atomic mass is 35.5. The van der Waals surface area contributed by atoms with E-state index in [4.69, 9.17) is 16.9 Å². The van der Waals surface area contributed by atoms with Crippen molar-refractivity contribution in [2.24, 2.45) is 0 Å². The molecule has 0 spiro atoms. The summed E-state index contributed by atoms with van der Waals surface area (Å²) in [5.74, 6) is 0.0578. The van der Waals surface area contributed by atoms with Crippen molar-refractivity contribution in [2.45, 2.75) is 11.3 Å². The van der Waals surface area contributed by atoms with Gasteiger partial charge in [-0.1, -0.05) is 17.7 Å². The second-order valence-corrected chi connectivity index (χ2v) is 6.71. The molecule has 0 atom stereocenters. The molecular weight excluding hydrogens is 361 g/mol. The predicted octanol–water partition coefficient (Wildman–Crippen LogP) is 4.06.